The standard InChI is InChI=1S/C23H36N6O2/c1-4-27(5-2)15-17-30-22-9-7-6-8-20(22)18-25-23(24-3)29-13-11-28(12-14-29)19-21-10-16-31-26-21/h6-10,16H,4-5,11-15,17-19H2,1-3H3,(H,24,25). The summed E-state index contributed by atoms with van der Waals surface area (Å²) in [4.78, 5) is 11.6. The van der Waals surface area contributed by atoms with Gasteiger partial charge in [0.1, 0.15) is 18.6 Å². The van der Waals surface area contributed by atoms with E-state index in [2.05, 4.69) is 56.1 Å². The first-order chi connectivity index (χ1) is 15.2. The number of nitrogens with zero attached hydrogens (tertiary/aromatic N) is 5. The number of aliphatic imine (C=N–C) groups is 1. The second-order valence-corrected chi connectivity index (χ2v) is 7.64. The lowest BCUT2D eigenvalue weighted by molar-refractivity contribution is 0.169. The Hall–Kier alpha value is -2.58. The lowest BCUT2D eigenvalue weighted by Crippen LogP contribution is -2.52. The number of hydrogen-bond acceptors (Lipinski definition) is 6. The van der Waals surface area contributed by atoms with Gasteiger partial charge in [-0.05, 0) is 19.2 Å². The van der Waals surface area contributed by atoms with Crippen molar-refractivity contribution in [1.29, 1.82) is 0 Å². The van der Waals surface area contributed by atoms with E-state index in [4.69, 9.17) is 9.26 Å². The van der Waals surface area contributed by atoms with Gasteiger partial charge < -0.3 is 24.4 Å². The number of guanidine groups is 1. The lowest BCUT2D eigenvalue weighted by atomic mass is 10.2. The minimum Gasteiger partial charge on any atom is -0.492 e. The average molecular weight is 429 g/mol. The molecule has 1 aliphatic rings. The van der Waals surface area contributed by atoms with Gasteiger partial charge in [-0.3, -0.25) is 9.89 Å². The summed E-state index contributed by atoms with van der Waals surface area (Å²) in [6.07, 6.45) is 1.63. The summed E-state index contributed by atoms with van der Waals surface area (Å²) in [7, 11) is 1.84. The number of benzene rings is 1. The molecule has 1 aromatic carbocycles. The van der Waals surface area contributed by atoms with Crippen molar-refractivity contribution in [1.82, 2.24) is 25.2 Å². The van der Waals surface area contributed by atoms with Gasteiger partial charge in [-0.25, -0.2) is 0 Å². The van der Waals surface area contributed by atoms with E-state index in [-0.39, 0.29) is 0 Å². The van der Waals surface area contributed by atoms with Gasteiger partial charge in [0.05, 0.1) is 5.69 Å². The normalized spacial score (nSPS) is 15.5. The number of hydrogen-bond donors (Lipinski definition) is 1. The van der Waals surface area contributed by atoms with Crippen LogP contribution in [-0.2, 0) is 13.1 Å². The van der Waals surface area contributed by atoms with Crippen LogP contribution in [0.15, 0.2) is 46.1 Å². The predicted octanol–water partition coefficient (Wildman–Crippen LogP) is 2.29. The number of rotatable bonds is 10. The zero-order valence-electron chi connectivity index (χ0n) is 19.1. The molecule has 1 fully saturated rings. The van der Waals surface area contributed by atoms with Gasteiger partial charge in [-0.15, -0.1) is 0 Å². The van der Waals surface area contributed by atoms with Crippen LogP contribution in [-0.4, -0.2) is 85.3 Å². The number of para-hydroxylation sites is 1. The summed E-state index contributed by atoms with van der Waals surface area (Å²) in [5.74, 6) is 1.87. The molecule has 0 saturated carbocycles. The zero-order valence-corrected chi connectivity index (χ0v) is 19.1. The lowest BCUT2D eigenvalue weighted by Gasteiger charge is -2.36. The molecule has 0 aliphatic carbocycles. The molecule has 1 saturated heterocycles. The smallest absolute Gasteiger partial charge is 0.194 e. The summed E-state index contributed by atoms with van der Waals surface area (Å²) < 4.78 is 11.0. The van der Waals surface area contributed by atoms with Crippen LogP contribution in [0.3, 0.4) is 0 Å². The number of piperazine rings is 1. The summed E-state index contributed by atoms with van der Waals surface area (Å²) >= 11 is 0. The van der Waals surface area contributed by atoms with Crippen molar-refractivity contribution >= 4 is 5.96 Å². The van der Waals surface area contributed by atoms with E-state index >= 15 is 0 Å². The summed E-state index contributed by atoms with van der Waals surface area (Å²) in [5.41, 5.74) is 2.13. The maximum atomic E-state index is 6.09. The summed E-state index contributed by atoms with van der Waals surface area (Å²) in [6, 6.07) is 10.2. The zero-order chi connectivity index (χ0) is 21.9. The Kier molecular flexibility index (Phi) is 9.17. The third kappa shape index (κ3) is 6.97. The van der Waals surface area contributed by atoms with E-state index in [9.17, 15) is 0 Å². The van der Waals surface area contributed by atoms with Gasteiger partial charge in [0.25, 0.3) is 0 Å². The fraction of sp³-hybridized carbons (Fsp3) is 0.565. The molecule has 8 heteroatoms. The number of nitrogens with one attached hydrogen (secondary N) is 1. The van der Waals surface area contributed by atoms with Crippen LogP contribution in [0.4, 0.5) is 0 Å². The van der Waals surface area contributed by atoms with Crippen molar-refractivity contribution in [3.8, 4) is 5.75 Å². The number of likely N-dealkylation sites (N-methyl/N-ethyl adjacent to an activating group) is 1. The molecule has 0 radical (unpaired) electrons. The van der Waals surface area contributed by atoms with Crippen LogP contribution >= 0.6 is 0 Å². The van der Waals surface area contributed by atoms with E-state index in [0.717, 1.165) is 75.3 Å². The molecule has 0 amide bonds. The fourth-order valence-corrected chi connectivity index (χ4v) is 3.79. The molecule has 31 heavy (non-hydrogen) atoms. The van der Waals surface area contributed by atoms with E-state index in [1.807, 2.05) is 25.2 Å². The van der Waals surface area contributed by atoms with Crippen LogP contribution in [0.25, 0.3) is 0 Å². The van der Waals surface area contributed by atoms with E-state index in [0.29, 0.717) is 13.2 Å². The molecule has 8 nitrogen and oxygen atoms in total. The Morgan fingerprint density at radius 2 is 1.94 bits per heavy atom. The van der Waals surface area contributed by atoms with Crippen molar-refractivity contribution in [2.45, 2.75) is 26.9 Å². The van der Waals surface area contributed by atoms with Crippen molar-refractivity contribution in [3.63, 3.8) is 0 Å². The third-order valence-corrected chi connectivity index (χ3v) is 5.73. The minimum absolute atomic E-state index is 0.688. The van der Waals surface area contributed by atoms with Crippen LogP contribution in [0.2, 0.25) is 0 Å². The maximum absolute atomic E-state index is 6.09. The highest BCUT2D eigenvalue weighted by Crippen LogP contribution is 2.18. The Morgan fingerprint density at radius 1 is 1.16 bits per heavy atom. The van der Waals surface area contributed by atoms with Crippen LogP contribution in [0.1, 0.15) is 25.1 Å². The third-order valence-electron chi connectivity index (χ3n) is 5.73. The molecular formula is C23H36N6O2. The van der Waals surface area contributed by atoms with Crippen LogP contribution in [0.5, 0.6) is 5.75 Å². The molecular weight excluding hydrogens is 392 g/mol. The largest absolute Gasteiger partial charge is 0.492 e. The van der Waals surface area contributed by atoms with Crippen LogP contribution < -0.4 is 10.1 Å². The summed E-state index contributed by atoms with van der Waals surface area (Å²) in [5, 5.41) is 7.53. The molecule has 2 heterocycles. The molecule has 3 rings (SSSR count). The van der Waals surface area contributed by atoms with Gasteiger partial charge in [-0.1, -0.05) is 37.2 Å². The van der Waals surface area contributed by atoms with Crippen molar-refractivity contribution in [2.75, 3.05) is 59.5 Å². The number of ether oxygens (including phenoxy) is 1. The van der Waals surface area contributed by atoms with Gasteiger partial charge >= 0.3 is 0 Å². The Balaban J connectivity index is 1.47. The average Bonchev–Trinajstić information content (AvgIpc) is 3.32. The van der Waals surface area contributed by atoms with E-state index < -0.39 is 0 Å². The van der Waals surface area contributed by atoms with Gasteiger partial charge in [0, 0.05) is 64.5 Å². The van der Waals surface area contributed by atoms with Gasteiger partial charge in [0.15, 0.2) is 5.96 Å². The first-order valence-electron chi connectivity index (χ1n) is 11.2. The van der Waals surface area contributed by atoms with Gasteiger partial charge in [0.2, 0.25) is 0 Å². The highest BCUT2D eigenvalue weighted by atomic mass is 16.5. The molecule has 0 atom stereocenters. The van der Waals surface area contributed by atoms with Crippen LogP contribution in [0, 0.1) is 0 Å². The molecule has 0 bridgehead atoms. The number of aromatic nitrogens is 1. The maximum Gasteiger partial charge on any atom is 0.194 e. The van der Waals surface area contributed by atoms with Crippen molar-refractivity contribution < 1.29 is 9.26 Å². The molecule has 170 valence electrons. The van der Waals surface area contributed by atoms with Crippen molar-refractivity contribution in [2.24, 2.45) is 4.99 Å². The fourth-order valence-electron chi connectivity index (χ4n) is 3.79. The monoisotopic (exact) mass is 428 g/mol. The van der Waals surface area contributed by atoms with Gasteiger partial charge in [-0.2, -0.15) is 0 Å². The Labute approximate surface area is 185 Å². The molecule has 1 aromatic heterocycles. The predicted molar refractivity (Wildman–Crippen MR) is 123 cm³/mol. The SMILES string of the molecule is CCN(CC)CCOc1ccccc1CNC(=NC)N1CCN(Cc2ccon2)CC1. The Morgan fingerprint density at radius 3 is 2.61 bits per heavy atom. The Bertz CT molecular complexity index is 783. The highest BCUT2D eigenvalue weighted by molar-refractivity contribution is 5.80. The topological polar surface area (TPSA) is 69.4 Å². The first kappa shape index (κ1) is 23.1. The second-order valence-electron chi connectivity index (χ2n) is 7.64. The molecule has 0 spiro atoms. The molecule has 0 unspecified atom stereocenters. The molecule has 1 N–H and O–H groups in total. The molecule has 1 aliphatic heterocycles. The van der Waals surface area contributed by atoms with E-state index in [1.165, 1.54) is 0 Å². The summed E-state index contributed by atoms with van der Waals surface area (Å²) in [6.45, 7) is 13.4. The second kappa shape index (κ2) is 12.3. The molecule has 2 aromatic rings. The minimum atomic E-state index is 0.688. The quantitative estimate of drug-likeness (QED) is 0.460. The van der Waals surface area contributed by atoms with Crippen molar-refractivity contribution in [3.05, 3.63) is 47.9 Å². The first-order valence-corrected chi connectivity index (χ1v) is 11.2. The highest BCUT2D eigenvalue weighted by Gasteiger charge is 2.20. The van der Waals surface area contributed by atoms with E-state index in [1.54, 1.807) is 6.26 Å².